The van der Waals surface area contributed by atoms with Crippen LogP contribution in [0.4, 0.5) is 0 Å². The van der Waals surface area contributed by atoms with Crippen molar-refractivity contribution in [3.63, 3.8) is 0 Å². The van der Waals surface area contributed by atoms with E-state index < -0.39 is 0 Å². The van der Waals surface area contributed by atoms with E-state index in [2.05, 4.69) is 43.9 Å². The molecule has 2 atom stereocenters. The van der Waals surface area contributed by atoms with E-state index in [-0.39, 0.29) is 0 Å². The third-order valence-corrected chi connectivity index (χ3v) is 4.48. The van der Waals surface area contributed by atoms with Crippen LogP contribution in [0.2, 0.25) is 0 Å². The van der Waals surface area contributed by atoms with Gasteiger partial charge in [0.1, 0.15) is 0 Å². The van der Waals surface area contributed by atoms with Gasteiger partial charge in [0.25, 0.3) is 0 Å². The molecule has 0 aromatic heterocycles. The monoisotopic (exact) mass is 246 g/mol. The summed E-state index contributed by atoms with van der Waals surface area (Å²) < 4.78 is 0. The van der Waals surface area contributed by atoms with E-state index in [1.165, 1.54) is 29.7 Å². The number of piperidine rings is 1. The fourth-order valence-corrected chi connectivity index (χ4v) is 2.84. The zero-order valence-corrected chi connectivity index (χ0v) is 11.9. The molecular weight excluding hydrogens is 220 g/mol. The number of aryl methyl sites for hydroxylation is 2. The summed E-state index contributed by atoms with van der Waals surface area (Å²) in [6.07, 6.45) is 1.28. The minimum absolute atomic E-state index is 0.672. The summed E-state index contributed by atoms with van der Waals surface area (Å²) in [6.45, 7) is 11.0. The van der Waals surface area contributed by atoms with Crippen LogP contribution in [0, 0.1) is 25.7 Å². The Kier molecular flexibility index (Phi) is 4.41. The van der Waals surface area contributed by atoms with Gasteiger partial charge in [-0.15, -0.1) is 0 Å². The van der Waals surface area contributed by atoms with E-state index in [4.69, 9.17) is 5.73 Å². The average molecular weight is 246 g/mol. The smallest absolute Gasteiger partial charge is 0.0233 e. The Labute approximate surface area is 111 Å². The Morgan fingerprint density at radius 2 is 2.06 bits per heavy atom. The van der Waals surface area contributed by atoms with Crippen LogP contribution in [0.3, 0.4) is 0 Å². The summed E-state index contributed by atoms with van der Waals surface area (Å²) in [7, 11) is 0. The first kappa shape index (κ1) is 13.6. The van der Waals surface area contributed by atoms with Crippen molar-refractivity contribution in [3.05, 3.63) is 34.9 Å². The Bertz CT molecular complexity index is 400. The first-order valence-corrected chi connectivity index (χ1v) is 7.08. The largest absolute Gasteiger partial charge is 0.330 e. The molecule has 2 nitrogen and oxygen atoms in total. The molecule has 1 fully saturated rings. The summed E-state index contributed by atoms with van der Waals surface area (Å²) >= 11 is 0. The van der Waals surface area contributed by atoms with E-state index >= 15 is 0 Å². The second kappa shape index (κ2) is 5.85. The molecule has 0 amide bonds. The molecule has 1 saturated heterocycles. The standard InChI is InChI=1S/C16H26N2/c1-12-4-5-15(8-14(12)3)10-18-7-6-13(2)16(9-17)11-18/h4-5,8,13,16H,6-7,9-11,17H2,1-3H3. The topological polar surface area (TPSA) is 29.3 Å². The van der Waals surface area contributed by atoms with Crippen LogP contribution in [0.5, 0.6) is 0 Å². The van der Waals surface area contributed by atoms with Crippen LogP contribution in [0.1, 0.15) is 30.0 Å². The van der Waals surface area contributed by atoms with Gasteiger partial charge in [0.2, 0.25) is 0 Å². The molecule has 0 aliphatic carbocycles. The zero-order chi connectivity index (χ0) is 13.1. The molecule has 0 radical (unpaired) electrons. The maximum atomic E-state index is 5.87. The summed E-state index contributed by atoms with van der Waals surface area (Å²) in [4.78, 5) is 2.56. The van der Waals surface area contributed by atoms with Gasteiger partial charge in [0.15, 0.2) is 0 Å². The van der Waals surface area contributed by atoms with Gasteiger partial charge in [-0.1, -0.05) is 25.1 Å². The highest BCUT2D eigenvalue weighted by Gasteiger charge is 2.24. The lowest BCUT2D eigenvalue weighted by molar-refractivity contribution is 0.126. The second-order valence-corrected chi connectivity index (χ2v) is 5.92. The lowest BCUT2D eigenvalue weighted by atomic mass is 9.87. The maximum absolute atomic E-state index is 5.87. The second-order valence-electron chi connectivity index (χ2n) is 5.92. The summed E-state index contributed by atoms with van der Waals surface area (Å²) in [5.74, 6) is 1.45. The lowest BCUT2D eigenvalue weighted by Crippen LogP contribution is -2.42. The van der Waals surface area contributed by atoms with Crippen LogP contribution >= 0.6 is 0 Å². The van der Waals surface area contributed by atoms with Crippen molar-refractivity contribution in [1.29, 1.82) is 0 Å². The lowest BCUT2D eigenvalue weighted by Gasteiger charge is -2.36. The Hall–Kier alpha value is -0.860. The van der Waals surface area contributed by atoms with E-state index in [1.54, 1.807) is 0 Å². The average Bonchev–Trinajstić information content (AvgIpc) is 2.36. The summed E-state index contributed by atoms with van der Waals surface area (Å²) in [6, 6.07) is 6.82. The molecule has 100 valence electrons. The fraction of sp³-hybridized carbons (Fsp3) is 0.625. The minimum atomic E-state index is 0.672. The highest BCUT2D eigenvalue weighted by molar-refractivity contribution is 5.29. The minimum Gasteiger partial charge on any atom is -0.330 e. The van der Waals surface area contributed by atoms with Crippen LogP contribution in [0.15, 0.2) is 18.2 Å². The zero-order valence-electron chi connectivity index (χ0n) is 11.9. The number of nitrogens with two attached hydrogens (primary N) is 1. The van der Waals surface area contributed by atoms with Crippen LogP contribution in [-0.4, -0.2) is 24.5 Å². The molecule has 2 N–H and O–H groups in total. The van der Waals surface area contributed by atoms with Gasteiger partial charge in [0.05, 0.1) is 0 Å². The third kappa shape index (κ3) is 3.12. The van der Waals surface area contributed by atoms with Gasteiger partial charge in [0, 0.05) is 13.1 Å². The van der Waals surface area contributed by atoms with Crippen molar-refractivity contribution < 1.29 is 0 Å². The van der Waals surface area contributed by atoms with Crippen molar-refractivity contribution in [2.45, 2.75) is 33.7 Å². The number of nitrogens with zero attached hydrogens (tertiary/aromatic N) is 1. The van der Waals surface area contributed by atoms with Crippen molar-refractivity contribution in [3.8, 4) is 0 Å². The van der Waals surface area contributed by atoms with Crippen molar-refractivity contribution in [2.24, 2.45) is 17.6 Å². The Morgan fingerprint density at radius 1 is 1.28 bits per heavy atom. The molecule has 1 aliphatic rings. The predicted octanol–water partition coefficient (Wildman–Crippen LogP) is 2.72. The van der Waals surface area contributed by atoms with Gasteiger partial charge in [-0.2, -0.15) is 0 Å². The number of hydrogen-bond acceptors (Lipinski definition) is 2. The molecule has 1 heterocycles. The molecule has 2 heteroatoms. The van der Waals surface area contributed by atoms with Gasteiger partial charge in [-0.3, -0.25) is 4.90 Å². The summed E-state index contributed by atoms with van der Waals surface area (Å²) in [5, 5.41) is 0. The normalized spacial score (nSPS) is 25.3. The van der Waals surface area contributed by atoms with E-state index in [9.17, 15) is 0 Å². The molecule has 0 saturated carbocycles. The molecule has 1 aliphatic heterocycles. The van der Waals surface area contributed by atoms with Crippen molar-refractivity contribution in [1.82, 2.24) is 4.90 Å². The van der Waals surface area contributed by atoms with E-state index in [0.29, 0.717) is 5.92 Å². The van der Waals surface area contributed by atoms with Gasteiger partial charge in [-0.25, -0.2) is 0 Å². The molecule has 18 heavy (non-hydrogen) atoms. The molecule has 2 unspecified atom stereocenters. The Morgan fingerprint density at radius 3 is 2.72 bits per heavy atom. The maximum Gasteiger partial charge on any atom is 0.0233 e. The van der Waals surface area contributed by atoms with Crippen molar-refractivity contribution >= 4 is 0 Å². The van der Waals surface area contributed by atoms with E-state index in [0.717, 1.165) is 25.6 Å². The molecule has 1 aromatic carbocycles. The van der Waals surface area contributed by atoms with Crippen LogP contribution in [0.25, 0.3) is 0 Å². The molecular formula is C16H26N2. The number of likely N-dealkylation sites (tertiary alicyclic amines) is 1. The molecule has 0 spiro atoms. The first-order chi connectivity index (χ1) is 8.60. The fourth-order valence-electron chi connectivity index (χ4n) is 2.84. The quantitative estimate of drug-likeness (QED) is 0.888. The van der Waals surface area contributed by atoms with Gasteiger partial charge in [-0.05, 0) is 61.9 Å². The number of benzene rings is 1. The van der Waals surface area contributed by atoms with E-state index in [1.807, 2.05) is 0 Å². The first-order valence-electron chi connectivity index (χ1n) is 7.08. The SMILES string of the molecule is Cc1ccc(CN2CCC(C)C(CN)C2)cc1C. The van der Waals surface area contributed by atoms with Gasteiger partial charge >= 0.3 is 0 Å². The summed E-state index contributed by atoms with van der Waals surface area (Å²) in [5.41, 5.74) is 10.1. The number of hydrogen-bond donors (Lipinski definition) is 1. The van der Waals surface area contributed by atoms with Crippen LogP contribution < -0.4 is 5.73 Å². The number of rotatable bonds is 3. The van der Waals surface area contributed by atoms with Crippen molar-refractivity contribution in [2.75, 3.05) is 19.6 Å². The van der Waals surface area contributed by atoms with Crippen LogP contribution in [-0.2, 0) is 6.54 Å². The molecule has 1 aromatic rings. The Balaban J connectivity index is 1.99. The highest BCUT2D eigenvalue weighted by Crippen LogP contribution is 2.23. The highest BCUT2D eigenvalue weighted by atomic mass is 15.1. The molecule has 0 bridgehead atoms. The third-order valence-electron chi connectivity index (χ3n) is 4.48. The van der Waals surface area contributed by atoms with Gasteiger partial charge < -0.3 is 5.73 Å². The predicted molar refractivity (Wildman–Crippen MR) is 77.5 cm³/mol. The molecule has 2 rings (SSSR count).